The topological polar surface area (TPSA) is 46.2 Å². The van der Waals surface area contributed by atoms with Gasteiger partial charge >= 0.3 is 0 Å². The van der Waals surface area contributed by atoms with Crippen LogP contribution in [0.25, 0.3) is 0 Å². The molecule has 0 aliphatic carbocycles. The molecule has 0 aliphatic heterocycles. The minimum atomic E-state index is -0.378. The third-order valence-corrected chi connectivity index (χ3v) is 2.42. The lowest BCUT2D eigenvalue weighted by molar-refractivity contribution is 0.464. The Morgan fingerprint density at radius 3 is 2.75 bits per heavy atom. The maximum absolute atomic E-state index is 12.9. The van der Waals surface area contributed by atoms with Crippen molar-refractivity contribution in [1.29, 1.82) is 0 Å². The molecule has 0 amide bonds. The van der Waals surface area contributed by atoms with Gasteiger partial charge in [0.1, 0.15) is 11.6 Å². The Hall–Kier alpha value is -0.610. The monoisotopic (exact) mass is 233 g/mol. The number of aromatic hydroxyl groups is 1. The summed E-state index contributed by atoms with van der Waals surface area (Å²) in [6.45, 7) is 0.385. The summed E-state index contributed by atoms with van der Waals surface area (Å²) in [5, 5.41) is 9.29. The Labute approximate surface area is 78.3 Å². The molecule has 0 bridgehead atoms. The van der Waals surface area contributed by atoms with Gasteiger partial charge in [0.2, 0.25) is 0 Å². The second kappa shape index (κ2) is 3.87. The maximum Gasteiger partial charge on any atom is 0.137 e. The average Bonchev–Trinajstić information content (AvgIpc) is 2.06. The molecule has 0 aliphatic rings. The summed E-state index contributed by atoms with van der Waals surface area (Å²) >= 11 is 3.04. The van der Waals surface area contributed by atoms with Crippen LogP contribution < -0.4 is 5.73 Å². The zero-order valence-corrected chi connectivity index (χ0v) is 7.94. The lowest BCUT2D eigenvalue weighted by Crippen LogP contribution is -2.04. The van der Waals surface area contributed by atoms with Gasteiger partial charge in [-0.05, 0) is 41.0 Å². The van der Waals surface area contributed by atoms with Gasteiger partial charge in [-0.25, -0.2) is 4.39 Å². The average molecular weight is 234 g/mol. The molecule has 0 saturated heterocycles. The Kier molecular flexibility index (Phi) is 3.05. The normalized spacial score (nSPS) is 10.2. The highest BCUT2D eigenvalue weighted by Crippen LogP contribution is 2.28. The predicted molar refractivity (Wildman–Crippen MR) is 48.5 cm³/mol. The molecule has 0 atom stereocenters. The van der Waals surface area contributed by atoms with Gasteiger partial charge in [0, 0.05) is 5.56 Å². The van der Waals surface area contributed by atoms with Gasteiger partial charge < -0.3 is 10.8 Å². The Balaban J connectivity index is 3.14. The van der Waals surface area contributed by atoms with Crippen LogP contribution in [0.1, 0.15) is 5.56 Å². The SMILES string of the molecule is NCCc1c(O)ccc(F)c1Br. The Bertz CT molecular complexity index is 291. The number of benzene rings is 1. The predicted octanol–water partition coefficient (Wildman–Crippen LogP) is 1.79. The van der Waals surface area contributed by atoms with Crippen LogP contribution in [-0.2, 0) is 6.42 Å². The van der Waals surface area contributed by atoms with E-state index in [1.54, 1.807) is 0 Å². The first-order valence-corrected chi connectivity index (χ1v) is 4.32. The van der Waals surface area contributed by atoms with Crippen LogP contribution in [0, 0.1) is 5.82 Å². The zero-order valence-electron chi connectivity index (χ0n) is 6.35. The molecule has 12 heavy (non-hydrogen) atoms. The van der Waals surface area contributed by atoms with E-state index >= 15 is 0 Å². The van der Waals surface area contributed by atoms with Crippen molar-refractivity contribution in [2.75, 3.05) is 6.54 Å². The van der Waals surface area contributed by atoms with Gasteiger partial charge in [-0.15, -0.1) is 0 Å². The smallest absolute Gasteiger partial charge is 0.137 e. The summed E-state index contributed by atoms with van der Waals surface area (Å²) in [7, 11) is 0. The molecule has 1 aromatic carbocycles. The number of phenolic OH excluding ortho intramolecular Hbond substituents is 1. The molecule has 0 aromatic heterocycles. The summed E-state index contributed by atoms with van der Waals surface area (Å²) in [4.78, 5) is 0. The maximum atomic E-state index is 12.9. The number of nitrogens with two attached hydrogens (primary N) is 1. The van der Waals surface area contributed by atoms with Gasteiger partial charge in [-0.1, -0.05) is 0 Å². The molecule has 0 unspecified atom stereocenters. The van der Waals surface area contributed by atoms with E-state index < -0.39 is 0 Å². The van der Waals surface area contributed by atoms with Crippen LogP contribution in [0.5, 0.6) is 5.75 Å². The van der Waals surface area contributed by atoms with Crippen molar-refractivity contribution < 1.29 is 9.50 Å². The van der Waals surface area contributed by atoms with Crippen LogP contribution in [0.15, 0.2) is 16.6 Å². The van der Waals surface area contributed by atoms with E-state index in [0.29, 0.717) is 23.0 Å². The standard InChI is InChI=1S/C8H9BrFNO/c9-8-5(3-4-11)7(12)2-1-6(8)10/h1-2,12H,3-4,11H2. The van der Waals surface area contributed by atoms with Crippen LogP contribution in [0.2, 0.25) is 0 Å². The van der Waals surface area contributed by atoms with Gasteiger partial charge in [0.05, 0.1) is 4.47 Å². The van der Waals surface area contributed by atoms with Crippen molar-refractivity contribution in [3.63, 3.8) is 0 Å². The first-order valence-electron chi connectivity index (χ1n) is 3.52. The Morgan fingerprint density at radius 1 is 1.50 bits per heavy atom. The number of hydrogen-bond acceptors (Lipinski definition) is 2. The lowest BCUT2D eigenvalue weighted by Gasteiger charge is -2.05. The van der Waals surface area contributed by atoms with Gasteiger partial charge in [-0.3, -0.25) is 0 Å². The first kappa shape index (κ1) is 9.48. The largest absolute Gasteiger partial charge is 0.508 e. The number of rotatable bonds is 2. The summed E-state index contributed by atoms with van der Waals surface area (Å²) < 4.78 is 13.2. The fourth-order valence-electron chi connectivity index (χ4n) is 0.965. The first-order chi connectivity index (χ1) is 5.66. The molecule has 2 nitrogen and oxygen atoms in total. The number of phenols is 1. The molecular weight excluding hydrogens is 225 g/mol. The van der Waals surface area contributed by atoms with Crippen molar-refractivity contribution in [2.45, 2.75) is 6.42 Å². The van der Waals surface area contributed by atoms with Gasteiger partial charge in [0.15, 0.2) is 0 Å². The van der Waals surface area contributed by atoms with Crippen molar-refractivity contribution in [2.24, 2.45) is 5.73 Å². The van der Waals surface area contributed by atoms with Crippen molar-refractivity contribution >= 4 is 15.9 Å². The second-order valence-corrected chi connectivity index (χ2v) is 3.19. The van der Waals surface area contributed by atoms with Crippen LogP contribution >= 0.6 is 15.9 Å². The van der Waals surface area contributed by atoms with E-state index in [1.165, 1.54) is 12.1 Å². The molecule has 0 spiro atoms. The van der Waals surface area contributed by atoms with Gasteiger partial charge in [-0.2, -0.15) is 0 Å². The molecule has 0 saturated carbocycles. The minimum Gasteiger partial charge on any atom is -0.508 e. The third kappa shape index (κ3) is 1.76. The van der Waals surface area contributed by atoms with Crippen LogP contribution in [-0.4, -0.2) is 11.7 Å². The van der Waals surface area contributed by atoms with Gasteiger partial charge in [0.25, 0.3) is 0 Å². The summed E-state index contributed by atoms with van der Waals surface area (Å²) in [6.07, 6.45) is 0.462. The third-order valence-electron chi connectivity index (χ3n) is 1.57. The fourth-order valence-corrected chi connectivity index (χ4v) is 1.50. The highest BCUT2D eigenvalue weighted by atomic mass is 79.9. The minimum absolute atomic E-state index is 0.0775. The van der Waals surface area contributed by atoms with Crippen molar-refractivity contribution in [1.82, 2.24) is 0 Å². The van der Waals surface area contributed by atoms with E-state index in [4.69, 9.17) is 5.73 Å². The molecule has 3 N–H and O–H groups in total. The van der Waals surface area contributed by atoms with E-state index in [0.717, 1.165) is 0 Å². The van der Waals surface area contributed by atoms with Crippen molar-refractivity contribution in [3.05, 3.63) is 28.0 Å². The molecule has 0 heterocycles. The molecule has 4 heteroatoms. The molecule has 0 fully saturated rings. The summed E-state index contributed by atoms with van der Waals surface area (Å²) in [5.74, 6) is -0.301. The molecule has 1 rings (SSSR count). The molecular formula is C8H9BrFNO. The van der Waals surface area contributed by atoms with E-state index in [-0.39, 0.29) is 11.6 Å². The highest BCUT2D eigenvalue weighted by molar-refractivity contribution is 9.10. The number of hydrogen-bond donors (Lipinski definition) is 2. The van der Waals surface area contributed by atoms with E-state index in [1.807, 2.05) is 0 Å². The molecule has 66 valence electrons. The lowest BCUT2D eigenvalue weighted by atomic mass is 10.1. The number of halogens is 2. The summed E-state index contributed by atoms with van der Waals surface area (Å²) in [5.41, 5.74) is 5.82. The molecule has 1 aromatic rings. The quantitative estimate of drug-likeness (QED) is 0.819. The van der Waals surface area contributed by atoms with Crippen molar-refractivity contribution in [3.8, 4) is 5.75 Å². The zero-order chi connectivity index (χ0) is 9.14. The fraction of sp³-hybridized carbons (Fsp3) is 0.250. The highest BCUT2D eigenvalue weighted by Gasteiger charge is 2.09. The van der Waals surface area contributed by atoms with E-state index in [9.17, 15) is 9.50 Å². The van der Waals surface area contributed by atoms with E-state index in [2.05, 4.69) is 15.9 Å². The second-order valence-electron chi connectivity index (χ2n) is 2.40. The van der Waals surface area contributed by atoms with Crippen LogP contribution in [0.4, 0.5) is 4.39 Å². The molecule has 0 radical (unpaired) electrons. The summed E-state index contributed by atoms with van der Waals surface area (Å²) in [6, 6.07) is 2.53. The van der Waals surface area contributed by atoms with Crippen LogP contribution in [0.3, 0.4) is 0 Å². The Morgan fingerprint density at radius 2 is 2.17 bits per heavy atom.